The van der Waals surface area contributed by atoms with Gasteiger partial charge in [0.1, 0.15) is 139 Å². The first kappa shape index (κ1) is 135. The van der Waals surface area contributed by atoms with Crippen molar-refractivity contribution in [3.8, 4) is 0 Å². The van der Waals surface area contributed by atoms with Crippen LogP contribution in [0.1, 0.15) is 31.7 Å². The summed E-state index contributed by atoms with van der Waals surface area (Å²) in [4.78, 5) is 156. The van der Waals surface area contributed by atoms with Crippen LogP contribution in [-0.4, -0.2) is 424 Å². The van der Waals surface area contributed by atoms with Crippen LogP contribution in [0.25, 0.3) is 0 Å². The van der Waals surface area contributed by atoms with Crippen LogP contribution in [0.15, 0.2) is 34.1 Å². The molecule has 0 bridgehead atoms. The first-order valence-electron chi connectivity index (χ1n) is 36.7. The van der Waals surface area contributed by atoms with E-state index in [1.807, 2.05) is 14.8 Å². The third kappa shape index (κ3) is 38.8. The molecule has 73 heteroatoms. The third-order valence-corrected chi connectivity index (χ3v) is 20.7. The molecule has 64 nitrogen and oxygen atoms in total. The number of nitrogens with one attached hydrogen (secondary N) is 7. The number of thiol groups is 2. The van der Waals surface area contributed by atoms with Gasteiger partial charge >= 0.3 is 159 Å². The zero-order valence-electron chi connectivity index (χ0n) is 71.4. The van der Waals surface area contributed by atoms with Gasteiger partial charge in [-0.05, 0) is 19.2 Å². The molecular formula is C61H100N15Na5O49P2S2. The van der Waals surface area contributed by atoms with Crippen LogP contribution in [-0.2, 0) is 98.8 Å². The van der Waals surface area contributed by atoms with Gasteiger partial charge < -0.3 is 243 Å². The molecule has 27 unspecified atom stereocenters. The molecule has 8 heterocycles. The van der Waals surface area contributed by atoms with E-state index < -0.39 is 323 Å². The number of nitrogens with two attached hydrogens (primary N) is 4. The summed E-state index contributed by atoms with van der Waals surface area (Å²) in [5.74, 6) is -19.5. The Morgan fingerprint density at radius 3 is 1.19 bits per heavy atom. The van der Waals surface area contributed by atoms with Crippen molar-refractivity contribution >= 4 is 108 Å². The maximum absolute atomic E-state index is 12.7. The molecule has 0 aliphatic carbocycles. The normalized spacial score (nSPS) is 32.1. The summed E-state index contributed by atoms with van der Waals surface area (Å²) in [6.45, 7) is -7.27. The number of hydrogen-bond acceptors (Lipinski definition) is 58. The number of aliphatic hydroxyl groups excluding tert-OH is 20. The van der Waals surface area contributed by atoms with Crippen molar-refractivity contribution in [1.82, 2.24) is 55.1 Å². The Morgan fingerprint density at radius 2 is 0.881 bits per heavy atom. The van der Waals surface area contributed by atoms with Gasteiger partial charge in [0, 0.05) is 31.7 Å². The van der Waals surface area contributed by atoms with Crippen molar-refractivity contribution in [1.29, 1.82) is 0 Å². The smallest absolute Gasteiger partial charge is 0.756 e. The molecule has 740 valence electrons. The minimum Gasteiger partial charge on any atom is -0.756 e. The van der Waals surface area contributed by atoms with Crippen LogP contribution in [0.5, 0.6) is 0 Å². The number of nitrogens with zero attached hydrogens (tertiary/aromatic N) is 4. The van der Waals surface area contributed by atoms with Crippen LogP contribution >= 0.6 is 41.3 Å². The number of amides is 6. The molecule has 134 heavy (non-hydrogen) atoms. The SMILES string of the molecule is CNCC(=O)NC1C(O)CC(O)(C(=O)[O-])OC1[C@H](O)[C@H](O)CO.NC1C(O)OC(CO)C(O)C1O.NCC(=O)NC1C(O)CC(OP(=O)([O-])OCC2OC(n3ccc(N)nc3=O)C(O)C2O)(C(=O)[O-])OC1[C@H](O)[C@H](O)CO.Nc1ccn(C2OC(COP(=O)([O-])OC3(C(=O)[O-])CC(O)C(NC(=O)CNC=O)C([C@H](O)[C@H](O)CO)O3)C(O)C2O)c(=O)n1.O=CNS.O=CNS.[Na+].[Na+].[Na+].[Na+].[Na+]. The molecular weight excluding hydrogens is 1970 g/mol. The maximum atomic E-state index is 12.7. The van der Waals surface area contributed by atoms with Crippen LogP contribution in [0.2, 0.25) is 0 Å². The quantitative estimate of drug-likeness (QED) is 0.0130. The fourth-order valence-corrected chi connectivity index (χ4v) is 14.0. The van der Waals surface area contributed by atoms with E-state index in [2.05, 4.69) is 75.0 Å². The van der Waals surface area contributed by atoms with Crippen molar-refractivity contribution < 1.29 is 379 Å². The monoisotopic (exact) mass is 2070 g/mol. The summed E-state index contributed by atoms with van der Waals surface area (Å²) in [5, 5.41) is 252. The summed E-state index contributed by atoms with van der Waals surface area (Å²) in [6.07, 6.45) is -42.6. The molecule has 6 aliphatic rings. The second-order valence-electron chi connectivity index (χ2n) is 27.6. The first-order valence-corrected chi connectivity index (χ1v) is 40.5. The van der Waals surface area contributed by atoms with Crippen molar-refractivity contribution in [2.45, 2.75) is 208 Å². The van der Waals surface area contributed by atoms with Crippen molar-refractivity contribution in [3.63, 3.8) is 0 Å². The van der Waals surface area contributed by atoms with Crippen LogP contribution in [0.4, 0.5) is 11.6 Å². The third-order valence-electron chi connectivity index (χ3n) is 18.6. The number of phosphoric acid groups is 2. The number of ether oxygens (including phenoxy) is 6. The second-order valence-corrected chi connectivity index (χ2v) is 30.8. The number of anilines is 2. The predicted octanol–water partition coefficient (Wildman–Crippen LogP) is -41.9. The number of aromatic nitrogens is 4. The molecule has 6 fully saturated rings. The number of aliphatic hydroxyl groups is 21. The van der Waals surface area contributed by atoms with Gasteiger partial charge in [-0.3, -0.25) is 56.1 Å². The van der Waals surface area contributed by atoms with Crippen LogP contribution in [0.3, 0.4) is 0 Å². The average molecular weight is 2070 g/mol. The van der Waals surface area contributed by atoms with Gasteiger partial charge in [0.05, 0.1) is 102 Å². The molecule has 6 saturated heterocycles. The molecule has 2 aromatic heterocycles. The summed E-state index contributed by atoms with van der Waals surface area (Å²) in [7, 11) is -10.2. The standard InChI is InChI=1S/C21H32N5O17P.C20H32N5O16P.C12H22N2O9.C6H13NO5.2CH3NOS.5Na/c22-11-1-2-26(20(37)24-11)18-16(34)15(33)10(41-18)6-40-44(38,39)43-21(19(35)36)3-8(29)13(25-12(31)4-23-7-28)17(42-21)14(32)9(30)5-27;21-4-11(29)24-12-7(27)3-20(18(33)34,40-16(12)13(30)8(28)5-26)41-42(36,37)38-6-9-14(31)15(32)17(39-9)25-2-1-10(22)23-19(25)35;1-13-3-7(18)14-8-5(16)2-12(22,11(20)21)23-10(8)9(19)6(17)4-15;7-3-5(10)4(9)2(1-8)12-6(3)11;2*3-1-2-4;;;;;/h1-2,7-10,13-18,27,29-30,32-34H,3-6H2,(H,23,28)(H,25,31)(H,35,36)(H,38,39)(H2,22,24,37);1-2,7-9,12-17,26-28,30-32H,3-6,21H2,(H,24,29)(H,33,34)(H,36,37)(H2,22,23,35);5-6,8-10,13,15-17,19,22H,2-4H2,1H3,(H,14,18)(H,20,21);2-6,8-11H,1,7H2;2*1,4H,(H,2,3);;;;;/q;;;;;;5*+1/p-5/t8?,9-,10?,13?,14-,15?,16?,17?,18?,21?;7?,8-,9?,12?,13-,14?,15?,16?,17?,20?;5?,6-,8?,9-,10?,12?;;;;;;;;/m111......../s1. The van der Waals surface area contributed by atoms with Gasteiger partial charge in [-0.15, -0.1) is 0 Å². The Labute approximate surface area is 876 Å². The fourth-order valence-electron chi connectivity index (χ4n) is 12.2. The van der Waals surface area contributed by atoms with E-state index in [0.29, 0.717) is 12.8 Å². The molecule has 6 amide bonds. The topological polar surface area (TPSA) is 1080 Å². The Hall–Kier alpha value is -2.69. The minimum absolute atomic E-state index is 0. The Kier molecular flexibility index (Phi) is 64.1. The van der Waals surface area contributed by atoms with Gasteiger partial charge in [-0.1, -0.05) is 25.6 Å². The second kappa shape index (κ2) is 63.5. The predicted molar refractivity (Wildman–Crippen MR) is 403 cm³/mol. The number of carbonyl (C=O) groups excluding carboxylic acids is 9. The number of rotatable bonds is 36. The molecule has 0 aromatic carbocycles. The van der Waals surface area contributed by atoms with Crippen LogP contribution < -0.4 is 243 Å². The summed E-state index contributed by atoms with van der Waals surface area (Å²) in [6, 6.07) is -3.46. The van der Waals surface area contributed by atoms with E-state index in [1.54, 1.807) is 0 Å². The molecule has 6 aliphatic heterocycles. The van der Waals surface area contributed by atoms with Gasteiger partial charge in [-0.25, -0.2) is 9.59 Å². The Bertz CT molecular complexity index is 4180. The van der Waals surface area contributed by atoms with Crippen LogP contribution in [0, 0.1) is 0 Å². The van der Waals surface area contributed by atoms with E-state index in [4.69, 9.17) is 76.3 Å². The average Bonchev–Trinajstić information content (AvgIpc) is 1.10. The number of carboxylic acids is 3. The van der Waals surface area contributed by atoms with Gasteiger partial charge in [-0.2, -0.15) is 9.97 Å². The number of nitrogen functional groups attached to an aromatic ring is 2. The van der Waals surface area contributed by atoms with Crippen molar-refractivity contribution in [2.24, 2.45) is 11.5 Å². The van der Waals surface area contributed by atoms with E-state index >= 15 is 0 Å². The molecule has 0 radical (unpaired) electrons. The van der Waals surface area contributed by atoms with E-state index in [-0.39, 0.29) is 172 Å². The molecule has 0 saturated carbocycles. The molecule has 2 aromatic rings. The first-order chi connectivity index (χ1) is 60.2. The van der Waals surface area contributed by atoms with Gasteiger partial charge in [0.2, 0.25) is 54.3 Å². The van der Waals surface area contributed by atoms with Crippen molar-refractivity contribution in [2.75, 3.05) is 77.8 Å². The summed E-state index contributed by atoms with van der Waals surface area (Å²) in [5.41, 5.74) is 19.3. The molecule has 36 N–H and O–H groups in total. The zero-order valence-corrected chi connectivity index (χ0v) is 85.0. The van der Waals surface area contributed by atoms with E-state index in [0.717, 1.165) is 21.5 Å². The van der Waals surface area contributed by atoms with E-state index in [1.165, 1.54) is 19.2 Å². The zero-order chi connectivity index (χ0) is 98.5. The number of carboxylic acid groups (broad SMARTS) is 3. The number of hydrogen-bond donors (Lipinski definition) is 34. The number of phosphoric ester groups is 2. The number of likely N-dealkylation sites (N-methyl/N-ethyl adjacent to an activating group) is 1. The Balaban J connectivity index is -0.00000176. The largest absolute Gasteiger partial charge is 1.00 e. The molecule has 33 atom stereocenters. The van der Waals surface area contributed by atoms with Gasteiger partial charge in [0.25, 0.3) is 15.6 Å². The Morgan fingerprint density at radius 1 is 0.545 bits per heavy atom. The maximum Gasteiger partial charge on any atom is 1.00 e. The molecule has 0 spiro atoms. The van der Waals surface area contributed by atoms with E-state index in [9.17, 15) is 169 Å². The van der Waals surface area contributed by atoms with Gasteiger partial charge in [0.15, 0.2) is 18.7 Å². The number of carbonyl (C=O) groups is 9. The summed E-state index contributed by atoms with van der Waals surface area (Å²) < 4.78 is 79.8. The number of aliphatic carboxylic acids is 3. The minimum atomic E-state index is -5.87. The summed E-state index contributed by atoms with van der Waals surface area (Å²) >= 11 is 6.60. The fraction of sp³-hybridized carbons (Fsp3) is 0.721. The van der Waals surface area contributed by atoms with Crippen molar-refractivity contribution in [3.05, 3.63) is 45.5 Å². The molecule has 8 rings (SSSR count).